The van der Waals surface area contributed by atoms with Crippen molar-refractivity contribution in [3.63, 3.8) is 0 Å². The van der Waals surface area contributed by atoms with Gasteiger partial charge in [0.15, 0.2) is 23.0 Å². The van der Waals surface area contributed by atoms with Crippen LogP contribution in [0, 0.1) is 0 Å². The molecule has 0 radical (unpaired) electrons. The lowest BCUT2D eigenvalue weighted by atomic mass is 10.1. The van der Waals surface area contributed by atoms with Crippen molar-refractivity contribution in [2.24, 2.45) is 0 Å². The van der Waals surface area contributed by atoms with Gasteiger partial charge in [-0.1, -0.05) is 43.7 Å². The van der Waals surface area contributed by atoms with Crippen LogP contribution in [0.2, 0.25) is 0 Å². The number of H-pyrrole nitrogens is 1. The Morgan fingerprint density at radius 1 is 1.00 bits per heavy atom. The number of nitrogens with one attached hydrogen (secondary N) is 2. The third-order valence-electron chi connectivity index (χ3n) is 6.39. The molecule has 2 aromatic carbocycles. The highest BCUT2D eigenvalue weighted by molar-refractivity contribution is 5.82. The number of nitrogen functional groups attached to an aromatic ring is 1. The monoisotopic (exact) mass is 564 g/mol. The molecule has 4 N–H and O–H groups in total. The van der Waals surface area contributed by atoms with E-state index in [2.05, 4.69) is 27.2 Å². The zero-order chi connectivity index (χ0) is 29.2. The van der Waals surface area contributed by atoms with Crippen molar-refractivity contribution < 1.29 is 23.7 Å². The topological polar surface area (TPSA) is 156 Å². The van der Waals surface area contributed by atoms with Gasteiger partial charge in [0, 0.05) is 13.1 Å². The first-order chi connectivity index (χ1) is 19.9. The molecule has 0 bridgehead atoms. The lowest BCUT2D eigenvalue weighted by molar-refractivity contribution is -0.139. The maximum atomic E-state index is 12.7. The second-order valence-corrected chi connectivity index (χ2v) is 9.39. The lowest BCUT2D eigenvalue weighted by Crippen LogP contribution is -2.21. The second-order valence-electron chi connectivity index (χ2n) is 9.39. The van der Waals surface area contributed by atoms with Crippen LogP contribution in [-0.4, -0.2) is 59.5 Å². The van der Waals surface area contributed by atoms with E-state index in [1.807, 2.05) is 30.3 Å². The molecule has 4 aromatic rings. The van der Waals surface area contributed by atoms with Crippen LogP contribution >= 0.6 is 0 Å². The Morgan fingerprint density at radius 2 is 1.76 bits per heavy atom. The van der Waals surface area contributed by atoms with E-state index in [1.165, 1.54) is 11.7 Å². The molecule has 0 atom stereocenters. The molecule has 2 heterocycles. The number of nitrogens with two attached hydrogens (primary N) is 1. The maximum Gasteiger partial charge on any atom is 0.328 e. The van der Waals surface area contributed by atoms with Gasteiger partial charge in [0.2, 0.25) is 0 Å². The summed E-state index contributed by atoms with van der Waals surface area (Å²) in [5.74, 6) is 1.02. The fourth-order valence-corrected chi connectivity index (χ4v) is 4.14. The minimum absolute atomic E-state index is 0.161. The molecular weight excluding hydrogens is 528 g/mol. The quantitative estimate of drug-likeness (QED) is 0.145. The second kappa shape index (κ2) is 14.2. The summed E-state index contributed by atoms with van der Waals surface area (Å²) < 4.78 is 23.1. The minimum atomic E-state index is -0.317. The molecule has 12 heteroatoms. The number of anilines is 1. The maximum absolute atomic E-state index is 12.7. The molecule has 41 heavy (non-hydrogen) atoms. The van der Waals surface area contributed by atoms with E-state index in [-0.39, 0.29) is 29.9 Å². The van der Waals surface area contributed by atoms with E-state index in [4.69, 9.17) is 24.7 Å². The number of ether oxygens (including phenoxy) is 4. The van der Waals surface area contributed by atoms with Gasteiger partial charge in [0.25, 0.3) is 0 Å². The molecule has 0 amide bonds. The highest BCUT2D eigenvalue weighted by Gasteiger charge is 2.15. The van der Waals surface area contributed by atoms with Crippen LogP contribution in [0.5, 0.6) is 17.5 Å². The minimum Gasteiger partial charge on any atom is -0.493 e. The van der Waals surface area contributed by atoms with Crippen molar-refractivity contribution >= 4 is 23.0 Å². The molecule has 218 valence electrons. The smallest absolute Gasteiger partial charge is 0.328 e. The van der Waals surface area contributed by atoms with Crippen molar-refractivity contribution in [2.45, 2.75) is 39.3 Å². The molecule has 0 aliphatic rings. The van der Waals surface area contributed by atoms with Crippen molar-refractivity contribution in [2.75, 3.05) is 39.7 Å². The number of hydrogen-bond acceptors (Lipinski definition) is 10. The van der Waals surface area contributed by atoms with Gasteiger partial charge in [0.05, 0.1) is 33.8 Å². The predicted octanol–water partition coefficient (Wildman–Crippen LogP) is 2.82. The van der Waals surface area contributed by atoms with Crippen molar-refractivity contribution in [3.8, 4) is 17.5 Å². The Balaban J connectivity index is 1.31. The predicted molar refractivity (Wildman–Crippen MR) is 154 cm³/mol. The summed E-state index contributed by atoms with van der Waals surface area (Å²) in [6.07, 6.45) is 2.02. The molecule has 4 rings (SSSR count). The molecule has 12 nitrogen and oxygen atoms in total. The van der Waals surface area contributed by atoms with Crippen LogP contribution < -0.4 is 31.0 Å². The Kier molecular flexibility index (Phi) is 10.2. The number of rotatable bonds is 15. The van der Waals surface area contributed by atoms with Crippen molar-refractivity contribution in [1.82, 2.24) is 24.8 Å². The van der Waals surface area contributed by atoms with E-state index in [1.54, 1.807) is 19.2 Å². The van der Waals surface area contributed by atoms with Crippen LogP contribution in [0.4, 0.5) is 5.82 Å². The summed E-state index contributed by atoms with van der Waals surface area (Å²) in [5.41, 5.74) is 9.34. The average Bonchev–Trinajstić information content (AvgIpc) is 3.29. The molecule has 2 aromatic heterocycles. The van der Waals surface area contributed by atoms with Crippen LogP contribution in [0.1, 0.15) is 36.5 Å². The molecule has 0 saturated carbocycles. The fourth-order valence-electron chi connectivity index (χ4n) is 4.14. The highest BCUT2D eigenvalue weighted by Crippen LogP contribution is 2.28. The summed E-state index contributed by atoms with van der Waals surface area (Å²) in [6.45, 7) is 4.52. The highest BCUT2D eigenvalue weighted by atomic mass is 16.5. The van der Waals surface area contributed by atoms with Gasteiger partial charge in [-0.3, -0.25) is 9.36 Å². The molecule has 0 fully saturated rings. The summed E-state index contributed by atoms with van der Waals surface area (Å²) in [7, 11) is 2.93. The zero-order valence-corrected chi connectivity index (χ0v) is 23.6. The summed E-state index contributed by atoms with van der Waals surface area (Å²) >= 11 is 0. The lowest BCUT2D eigenvalue weighted by Gasteiger charge is -2.13. The Hall–Kier alpha value is -4.58. The van der Waals surface area contributed by atoms with E-state index >= 15 is 0 Å². The molecule has 0 unspecified atom stereocenters. The Labute approximate surface area is 237 Å². The summed E-state index contributed by atoms with van der Waals surface area (Å²) in [5, 5.41) is 3.35. The SMILES string of the molecule is CCCCOc1nc(N)c2[nH]c(=O)n(Cc3ccc(CNCCOc4cc(CC(=O)OC)ccc4OC)cc3)c2n1. The van der Waals surface area contributed by atoms with Crippen molar-refractivity contribution in [3.05, 3.63) is 69.6 Å². The number of unbranched alkanes of at least 4 members (excludes halogenated alkanes) is 1. The summed E-state index contributed by atoms with van der Waals surface area (Å²) in [6, 6.07) is 13.5. The van der Waals surface area contributed by atoms with E-state index in [9.17, 15) is 9.59 Å². The number of hydrogen-bond donors (Lipinski definition) is 3. The Bertz CT molecular complexity index is 1520. The molecular formula is C29H36N6O6. The Morgan fingerprint density at radius 3 is 2.49 bits per heavy atom. The van der Waals surface area contributed by atoms with Crippen LogP contribution in [0.3, 0.4) is 0 Å². The van der Waals surface area contributed by atoms with E-state index < -0.39 is 0 Å². The van der Waals surface area contributed by atoms with Crippen LogP contribution in [0.15, 0.2) is 47.3 Å². The number of imidazole rings is 1. The third-order valence-corrected chi connectivity index (χ3v) is 6.39. The largest absolute Gasteiger partial charge is 0.493 e. The number of benzene rings is 2. The average molecular weight is 565 g/mol. The van der Waals surface area contributed by atoms with Crippen molar-refractivity contribution in [1.29, 1.82) is 0 Å². The number of carbonyl (C=O) groups excluding carboxylic acids is 1. The number of nitrogens with zero attached hydrogens (tertiary/aromatic N) is 3. The van der Waals surface area contributed by atoms with Gasteiger partial charge in [-0.05, 0) is 35.2 Å². The van der Waals surface area contributed by atoms with Crippen LogP contribution in [0.25, 0.3) is 11.2 Å². The first-order valence-corrected chi connectivity index (χ1v) is 13.5. The molecule has 0 aliphatic heterocycles. The van der Waals surface area contributed by atoms with Crippen LogP contribution in [-0.2, 0) is 29.0 Å². The number of aromatic amines is 1. The molecule has 0 spiro atoms. The van der Waals surface area contributed by atoms with Gasteiger partial charge in [-0.2, -0.15) is 9.97 Å². The number of aromatic nitrogens is 4. The van der Waals surface area contributed by atoms with Gasteiger partial charge in [-0.15, -0.1) is 0 Å². The fraction of sp³-hybridized carbons (Fsp3) is 0.379. The van der Waals surface area contributed by atoms with Gasteiger partial charge in [-0.25, -0.2) is 4.79 Å². The number of carbonyl (C=O) groups is 1. The zero-order valence-electron chi connectivity index (χ0n) is 23.6. The van der Waals surface area contributed by atoms with Gasteiger partial charge in [0.1, 0.15) is 12.1 Å². The summed E-state index contributed by atoms with van der Waals surface area (Å²) in [4.78, 5) is 35.6. The van der Waals surface area contributed by atoms with Gasteiger partial charge < -0.3 is 35.0 Å². The van der Waals surface area contributed by atoms with E-state index in [0.29, 0.717) is 55.5 Å². The van der Waals surface area contributed by atoms with E-state index in [0.717, 1.165) is 29.5 Å². The number of methoxy groups -OCH3 is 2. The molecule has 0 saturated heterocycles. The standard InChI is InChI=1S/C29H36N6O6/c1-4-5-13-41-28-33-26(30)25-27(34-28)35(29(37)32-25)18-20-8-6-19(7-9-20)17-31-12-14-40-23-15-21(16-24(36)39-3)10-11-22(23)38-2/h6-11,15,31H,4-5,12-14,16-18H2,1-3H3,(H,32,37)(H2,30,33,34). The molecule has 0 aliphatic carbocycles. The normalized spacial score (nSPS) is 11.0. The number of fused-ring (bicyclic) bond motifs is 1. The first kappa shape index (κ1) is 29.4. The third kappa shape index (κ3) is 7.76. The number of esters is 1. The first-order valence-electron chi connectivity index (χ1n) is 13.5. The van der Waals surface area contributed by atoms with Gasteiger partial charge >= 0.3 is 17.7 Å².